The number of alkyl halides is 1. The summed E-state index contributed by atoms with van der Waals surface area (Å²) in [6.45, 7) is 1.77. The lowest BCUT2D eigenvalue weighted by molar-refractivity contribution is -0.893. The molecule has 0 aliphatic carbocycles. The minimum absolute atomic E-state index is 0.218. The van der Waals surface area contributed by atoms with Crippen LogP contribution in [0.1, 0.15) is 6.92 Å². The summed E-state index contributed by atoms with van der Waals surface area (Å²) in [7, 11) is 1.68. The van der Waals surface area contributed by atoms with E-state index in [1.165, 1.54) is 0 Å². The fraction of sp³-hybridized carbons (Fsp3) is 0.857. The molecule has 0 rings (SSSR count). The number of esters is 1. The van der Waals surface area contributed by atoms with E-state index in [9.17, 15) is 9.18 Å². The molecule has 0 aliphatic rings. The Kier molecular flexibility index (Phi) is 5.57. The van der Waals surface area contributed by atoms with Crippen LogP contribution in [0.4, 0.5) is 4.39 Å². The van der Waals surface area contributed by atoms with Crippen molar-refractivity contribution in [1.82, 2.24) is 0 Å². The van der Waals surface area contributed by atoms with Crippen LogP contribution in [0.15, 0.2) is 0 Å². The minimum Gasteiger partial charge on any atom is -0.459 e. The number of carbonyl (C=O) groups is 1. The maximum atomic E-state index is 11.9. The second-order valence-corrected chi connectivity index (χ2v) is 2.80. The van der Waals surface area contributed by atoms with Crippen molar-refractivity contribution >= 4 is 5.97 Å². The van der Waals surface area contributed by atoms with Crippen molar-refractivity contribution in [1.29, 1.82) is 0 Å². The Morgan fingerprint density at radius 1 is 1.75 bits per heavy atom. The molecule has 3 N–H and O–H groups in total. The normalized spacial score (nSPS) is 15.3. The molecular weight excluding hydrogens is 163 g/mol. The lowest BCUT2D eigenvalue weighted by Gasteiger charge is -2.10. The van der Waals surface area contributed by atoms with Crippen LogP contribution in [0.5, 0.6) is 0 Å². The van der Waals surface area contributed by atoms with Crippen LogP contribution < -0.4 is 10.6 Å². The van der Waals surface area contributed by atoms with Crippen LogP contribution in [0.3, 0.4) is 0 Å². The van der Waals surface area contributed by atoms with Crippen LogP contribution in [0.2, 0.25) is 0 Å². The summed E-state index contributed by atoms with van der Waals surface area (Å²) in [5, 5.41) is 0. The highest BCUT2D eigenvalue weighted by molar-refractivity contribution is 5.74. The predicted molar refractivity (Wildman–Crippen MR) is 42.3 cm³/mol. The Bertz CT molecular complexity index is 141. The van der Waals surface area contributed by atoms with Gasteiger partial charge >= 0.3 is 5.97 Å². The largest absolute Gasteiger partial charge is 0.459 e. The van der Waals surface area contributed by atoms with Crippen molar-refractivity contribution in [2.45, 2.75) is 13.0 Å². The number of hydrogen-bond acceptors (Lipinski definition) is 3. The summed E-state index contributed by atoms with van der Waals surface area (Å²) < 4.78 is 16.6. The van der Waals surface area contributed by atoms with E-state index in [0.29, 0.717) is 11.4 Å². The topological polar surface area (TPSA) is 56.8 Å². The zero-order valence-corrected chi connectivity index (χ0v) is 7.47. The third-order valence-corrected chi connectivity index (χ3v) is 1.37. The van der Waals surface area contributed by atoms with E-state index in [-0.39, 0.29) is 6.61 Å². The number of halogens is 1. The van der Waals surface area contributed by atoms with Crippen molar-refractivity contribution in [2.75, 3.05) is 27.0 Å². The molecule has 0 fully saturated rings. The first-order valence-corrected chi connectivity index (χ1v) is 3.87. The molecule has 0 bridgehead atoms. The van der Waals surface area contributed by atoms with E-state index in [1.807, 2.05) is 0 Å². The maximum Gasteiger partial charge on any atom is 0.322 e. The van der Waals surface area contributed by atoms with Gasteiger partial charge in [0.15, 0.2) is 0 Å². The predicted octanol–water partition coefficient (Wildman–Crippen LogP) is -1.68. The fourth-order valence-electron chi connectivity index (χ4n) is 0.524. The summed E-state index contributed by atoms with van der Waals surface area (Å²) in [6.07, 6.45) is 0. The van der Waals surface area contributed by atoms with Gasteiger partial charge in [-0.1, -0.05) is 0 Å². The highest BCUT2D eigenvalue weighted by Gasteiger charge is 2.09. The molecule has 0 spiro atoms. The summed E-state index contributed by atoms with van der Waals surface area (Å²) in [6, 6.07) is -0.601. The van der Waals surface area contributed by atoms with Crippen molar-refractivity contribution in [3.8, 4) is 0 Å². The zero-order valence-electron chi connectivity index (χ0n) is 7.47. The molecule has 0 aromatic heterocycles. The number of nitrogens with two attached hydrogens (primary N) is 1. The summed E-state index contributed by atoms with van der Waals surface area (Å²) in [5.74, 6) is -0.443. The van der Waals surface area contributed by atoms with Gasteiger partial charge in [0.25, 0.3) is 0 Å². The van der Waals surface area contributed by atoms with Crippen molar-refractivity contribution < 1.29 is 18.8 Å². The molecule has 0 saturated heterocycles. The molecular formula is C7H16FN2O2+. The smallest absolute Gasteiger partial charge is 0.322 e. The highest BCUT2D eigenvalue weighted by Crippen LogP contribution is 1.81. The van der Waals surface area contributed by atoms with Gasteiger partial charge in [0.1, 0.15) is 19.2 Å². The van der Waals surface area contributed by atoms with Crippen molar-refractivity contribution in [2.24, 2.45) is 5.73 Å². The number of rotatable bonds is 5. The first-order chi connectivity index (χ1) is 5.57. The SMILES string of the molecule is CC(N)C(=O)OCC[NH+](C)CF. The van der Waals surface area contributed by atoms with Gasteiger partial charge in [-0.05, 0) is 6.92 Å². The Balaban J connectivity index is 3.37. The average molecular weight is 179 g/mol. The maximum absolute atomic E-state index is 11.9. The van der Waals surface area contributed by atoms with Gasteiger partial charge in [0.05, 0.1) is 7.05 Å². The number of quaternary nitrogens is 1. The molecule has 0 aliphatic heterocycles. The molecule has 2 atom stereocenters. The van der Waals surface area contributed by atoms with Crippen molar-refractivity contribution in [3.05, 3.63) is 0 Å². The van der Waals surface area contributed by atoms with Crippen LogP contribution in [-0.4, -0.2) is 39.0 Å². The van der Waals surface area contributed by atoms with Gasteiger partial charge in [0.2, 0.25) is 6.80 Å². The lowest BCUT2D eigenvalue weighted by Crippen LogP contribution is -3.08. The number of nitrogens with one attached hydrogen (secondary N) is 1. The monoisotopic (exact) mass is 179 g/mol. The summed E-state index contributed by atoms with van der Waals surface area (Å²) in [4.78, 5) is 11.4. The third kappa shape index (κ3) is 5.03. The molecule has 12 heavy (non-hydrogen) atoms. The van der Waals surface area contributed by atoms with Gasteiger partial charge in [-0.2, -0.15) is 4.39 Å². The quantitative estimate of drug-likeness (QED) is 0.391. The number of likely N-dealkylation sites (N-methyl/N-ethyl adjacent to an activating group) is 1. The molecule has 0 aromatic rings. The van der Waals surface area contributed by atoms with Crippen LogP contribution in [-0.2, 0) is 9.53 Å². The second kappa shape index (κ2) is 5.91. The number of ether oxygens (including phenoxy) is 1. The fourth-order valence-corrected chi connectivity index (χ4v) is 0.524. The minimum atomic E-state index is -0.601. The molecule has 0 saturated carbocycles. The van der Waals surface area contributed by atoms with Crippen LogP contribution >= 0.6 is 0 Å². The van der Waals surface area contributed by atoms with E-state index in [2.05, 4.69) is 0 Å². The van der Waals surface area contributed by atoms with E-state index < -0.39 is 18.8 Å². The van der Waals surface area contributed by atoms with Crippen molar-refractivity contribution in [3.63, 3.8) is 0 Å². The number of carbonyl (C=O) groups excluding carboxylic acids is 1. The van der Waals surface area contributed by atoms with Gasteiger partial charge in [0, 0.05) is 0 Å². The van der Waals surface area contributed by atoms with E-state index in [4.69, 9.17) is 10.5 Å². The molecule has 5 heteroatoms. The average Bonchev–Trinajstić information content (AvgIpc) is 2.03. The molecule has 0 heterocycles. The molecule has 0 radical (unpaired) electrons. The van der Waals surface area contributed by atoms with Gasteiger partial charge in [-0.15, -0.1) is 0 Å². The van der Waals surface area contributed by atoms with Gasteiger partial charge < -0.3 is 15.4 Å². The summed E-state index contributed by atoms with van der Waals surface area (Å²) in [5.41, 5.74) is 5.23. The standard InChI is InChI=1S/C7H15FN2O2/c1-6(9)7(11)12-4-3-10(2)5-8/h6H,3-5,9H2,1-2H3/p+1. The van der Waals surface area contributed by atoms with Crippen LogP contribution in [0, 0.1) is 0 Å². The van der Waals surface area contributed by atoms with Gasteiger partial charge in [-0.25, -0.2) is 0 Å². The van der Waals surface area contributed by atoms with E-state index in [1.54, 1.807) is 14.0 Å². The molecule has 72 valence electrons. The Hall–Kier alpha value is -0.680. The first-order valence-electron chi connectivity index (χ1n) is 3.87. The molecule has 4 nitrogen and oxygen atoms in total. The molecule has 0 aromatic carbocycles. The summed E-state index contributed by atoms with van der Waals surface area (Å²) >= 11 is 0. The Labute approximate surface area is 71.5 Å². The van der Waals surface area contributed by atoms with E-state index in [0.717, 1.165) is 0 Å². The Morgan fingerprint density at radius 2 is 2.33 bits per heavy atom. The molecule has 2 unspecified atom stereocenters. The lowest BCUT2D eigenvalue weighted by atomic mass is 10.4. The van der Waals surface area contributed by atoms with Gasteiger partial charge in [-0.3, -0.25) is 4.79 Å². The highest BCUT2D eigenvalue weighted by atomic mass is 19.1. The first kappa shape index (κ1) is 11.3. The number of hydrogen-bond donors (Lipinski definition) is 2. The Morgan fingerprint density at radius 3 is 2.75 bits per heavy atom. The van der Waals surface area contributed by atoms with Crippen LogP contribution in [0.25, 0.3) is 0 Å². The second-order valence-electron chi connectivity index (χ2n) is 2.80. The third-order valence-electron chi connectivity index (χ3n) is 1.37. The molecule has 0 amide bonds. The zero-order chi connectivity index (χ0) is 9.56. The van der Waals surface area contributed by atoms with E-state index >= 15 is 0 Å².